The fourth-order valence-electron chi connectivity index (χ4n) is 6.26. The molecule has 0 aromatic heterocycles. The second-order valence-electron chi connectivity index (χ2n) is 15.1. The summed E-state index contributed by atoms with van der Waals surface area (Å²) in [6, 6.07) is 20.7. The fourth-order valence-corrected chi connectivity index (χ4v) is 10.9. The molecule has 7 N–H and O–H groups in total. The molecule has 0 radical (unpaired) electrons. The van der Waals surface area contributed by atoms with E-state index in [2.05, 4.69) is 95.3 Å². The summed E-state index contributed by atoms with van der Waals surface area (Å²) in [6.07, 6.45) is 14.7. The molecule has 0 amide bonds. The lowest BCUT2D eigenvalue weighted by atomic mass is 10.1. The zero-order valence-corrected chi connectivity index (χ0v) is 33.9. The summed E-state index contributed by atoms with van der Waals surface area (Å²) < 4.78 is 18.0. The highest BCUT2D eigenvalue weighted by Gasteiger charge is 2.50. The third-order valence-corrected chi connectivity index (χ3v) is 14.3. The van der Waals surface area contributed by atoms with Crippen LogP contribution in [0.3, 0.4) is 0 Å². The number of benzene rings is 2. The van der Waals surface area contributed by atoms with E-state index in [-0.39, 0.29) is 35.9 Å². The SMILES string of the molecule is CCCCCCC[C@@H](O)CCOC[C@@H](N)CO.CCCCCCC[C@@H](O)CCOC[C@@H](N)CO[Si](c1ccccc1)(c1ccccc1)C(C)(C)C. The van der Waals surface area contributed by atoms with Crippen molar-refractivity contribution in [2.24, 2.45) is 11.5 Å². The highest BCUT2D eigenvalue weighted by molar-refractivity contribution is 6.99. The number of rotatable bonds is 28. The van der Waals surface area contributed by atoms with Crippen molar-refractivity contribution in [2.45, 2.75) is 154 Å². The fraction of sp³-hybridized carbons (Fsp3) is 0.714. The zero-order valence-electron chi connectivity index (χ0n) is 32.9. The van der Waals surface area contributed by atoms with E-state index >= 15 is 0 Å². The number of ether oxygens (including phenoxy) is 2. The normalized spacial score (nSPS) is 14.4. The van der Waals surface area contributed by atoms with Crippen LogP contribution < -0.4 is 21.8 Å². The third-order valence-electron chi connectivity index (χ3n) is 9.30. The smallest absolute Gasteiger partial charge is 0.261 e. The maximum absolute atomic E-state index is 10.2. The van der Waals surface area contributed by atoms with Crippen LogP contribution in [0.15, 0.2) is 60.7 Å². The monoisotopic (exact) mass is 733 g/mol. The first-order valence-electron chi connectivity index (χ1n) is 19.9. The van der Waals surface area contributed by atoms with E-state index in [0.29, 0.717) is 45.9 Å². The van der Waals surface area contributed by atoms with Crippen molar-refractivity contribution in [2.75, 3.05) is 39.6 Å². The van der Waals surface area contributed by atoms with Gasteiger partial charge in [0, 0.05) is 13.2 Å². The van der Waals surface area contributed by atoms with Crippen molar-refractivity contribution in [3.05, 3.63) is 60.7 Å². The third kappa shape index (κ3) is 20.4. The molecule has 51 heavy (non-hydrogen) atoms. The van der Waals surface area contributed by atoms with Crippen LogP contribution in [0.4, 0.5) is 0 Å². The Morgan fingerprint density at radius 1 is 0.588 bits per heavy atom. The van der Waals surface area contributed by atoms with Gasteiger partial charge in [-0.1, -0.05) is 159 Å². The van der Waals surface area contributed by atoms with Crippen molar-refractivity contribution in [3.8, 4) is 0 Å². The van der Waals surface area contributed by atoms with Gasteiger partial charge in [0.25, 0.3) is 8.32 Å². The van der Waals surface area contributed by atoms with Gasteiger partial charge < -0.3 is 40.7 Å². The Kier molecular flexibility index (Phi) is 26.7. The Hall–Kier alpha value is -1.66. The molecule has 9 heteroatoms. The molecule has 0 saturated heterocycles. The molecule has 0 aliphatic rings. The van der Waals surface area contributed by atoms with E-state index in [4.69, 9.17) is 30.5 Å². The zero-order chi connectivity index (χ0) is 37.8. The molecule has 2 aromatic carbocycles. The average molecular weight is 733 g/mol. The van der Waals surface area contributed by atoms with E-state index in [1.807, 2.05) is 0 Å². The van der Waals surface area contributed by atoms with Crippen LogP contribution in [0.25, 0.3) is 0 Å². The van der Waals surface area contributed by atoms with Gasteiger partial charge in [-0.2, -0.15) is 0 Å². The molecule has 0 unspecified atom stereocenters. The van der Waals surface area contributed by atoms with Crippen LogP contribution >= 0.6 is 0 Å². The van der Waals surface area contributed by atoms with E-state index in [0.717, 1.165) is 25.7 Å². The predicted octanol–water partition coefficient (Wildman–Crippen LogP) is 6.45. The van der Waals surface area contributed by atoms with E-state index in [1.54, 1.807) is 0 Å². The molecule has 2 aromatic rings. The lowest BCUT2D eigenvalue weighted by molar-refractivity contribution is 0.0622. The summed E-state index contributed by atoms with van der Waals surface area (Å²) in [5.41, 5.74) is 11.9. The number of unbranched alkanes of at least 4 members (excludes halogenated alkanes) is 8. The minimum Gasteiger partial charge on any atom is -0.406 e. The van der Waals surface area contributed by atoms with E-state index < -0.39 is 8.32 Å². The molecular formula is C42H76N2O6Si. The molecule has 0 saturated carbocycles. The van der Waals surface area contributed by atoms with Crippen molar-refractivity contribution in [1.82, 2.24) is 0 Å². The van der Waals surface area contributed by atoms with Crippen molar-refractivity contribution >= 4 is 18.7 Å². The second kappa shape index (κ2) is 28.8. The Morgan fingerprint density at radius 3 is 1.39 bits per heavy atom. The van der Waals surface area contributed by atoms with Gasteiger partial charge in [-0.25, -0.2) is 0 Å². The molecule has 2 rings (SSSR count). The minimum atomic E-state index is -2.58. The van der Waals surface area contributed by atoms with Gasteiger partial charge in [-0.05, 0) is 41.1 Å². The molecule has 294 valence electrons. The van der Waals surface area contributed by atoms with Crippen LogP contribution in [0.5, 0.6) is 0 Å². The highest BCUT2D eigenvalue weighted by atomic mass is 28.4. The van der Waals surface area contributed by atoms with Gasteiger partial charge >= 0.3 is 0 Å². The Labute approximate surface area is 312 Å². The topological polar surface area (TPSA) is 140 Å². The van der Waals surface area contributed by atoms with Crippen LogP contribution in [-0.2, 0) is 13.9 Å². The first-order valence-corrected chi connectivity index (χ1v) is 21.8. The van der Waals surface area contributed by atoms with Crippen molar-refractivity contribution in [1.29, 1.82) is 0 Å². The Morgan fingerprint density at radius 2 is 1.00 bits per heavy atom. The van der Waals surface area contributed by atoms with Crippen LogP contribution in [-0.4, -0.2) is 87.6 Å². The minimum absolute atomic E-state index is 0.0556. The summed E-state index contributed by atoms with van der Waals surface area (Å²) >= 11 is 0. The van der Waals surface area contributed by atoms with Gasteiger partial charge in [0.1, 0.15) is 0 Å². The molecule has 0 aliphatic heterocycles. The molecule has 8 nitrogen and oxygen atoms in total. The summed E-state index contributed by atoms with van der Waals surface area (Å²) in [4.78, 5) is 0. The second-order valence-corrected chi connectivity index (χ2v) is 19.4. The summed E-state index contributed by atoms with van der Waals surface area (Å²) in [5.74, 6) is 0. The Bertz CT molecular complexity index is 1020. The quantitative estimate of drug-likeness (QED) is 0.0497. The van der Waals surface area contributed by atoms with Gasteiger partial charge in [-0.3, -0.25) is 0 Å². The van der Waals surface area contributed by atoms with Crippen molar-refractivity contribution in [3.63, 3.8) is 0 Å². The van der Waals surface area contributed by atoms with Gasteiger partial charge in [-0.15, -0.1) is 0 Å². The summed E-state index contributed by atoms with van der Waals surface area (Å²) in [7, 11) is -2.58. The van der Waals surface area contributed by atoms with Crippen LogP contribution in [0.2, 0.25) is 5.04 Å². The number of aliphatic hydroxyl groups excluding tert-OH is 3. The van der Waals surface area contributed by atoms with Gasteiger partial charge in [0.2, 0.25) is 0 Å². The summed E-state index contributed by atoms with van der Waals surface area (Å²) in [6.45, 7) is 13.4. The highest BCUT2D eigenvalue weighted by Crippen LogP contribution is 2.36. The maximum Gasteiger partial charge on any atom is 0.261 e. The lowest BCUT2D eigenvalue weighted by Gasteiger charge is -2.43. The molecular weight excluding hydrogens is 657 g/mol. The largest absolute Gasteiger partial charge is 0.406 e. The van der Waals surface area contributed by atoms with Gasteiger partial charge in [0.05, 0.1) is 50.7 Å². The lowest BCUT2D eigenvalue weighted by Crippen LogP contribution is -2.67. The maximum atomic E-state index is 10.2. The van der Waals surface area contributed by atoms with E-state index in [9.17, 15) is 10.2 Å². The molecule has 0 bridgehead atoms. The Balaban J connectivity index is 0.000000645. The molecule has 0 fully saturated rings. The number of hydrogen-bond acceptors (Lipinski definition) is 8. The molecule has 0 spiro atoms. The number of aliphatic hydroxyl groups is 3. The van der Waals surface area contributed by atoms with Crippen LogP contribution in [0, 0.1) is 0 Å². The van der Waals surface area contributed by atoms with E-state index in [1.165, 1.54) is 61.7 Å². The number of hydrogen-bond donors (Lipinski definition) is 5. The van der Waals surface area contributed by atoms with Crippen LogP contribution in [0.1, 0.15) is 125 Å². The number of nitrogens with two attached hydrogens (primary N) is 2. The molecule has 4 atom stereocenters. The standard InChI is InChI=1S/C29H47NO3Si.C13H29NO3/c1-5-6-7-8-11-16-26(31)21-22-32-23-25(30)24-33-34(29(2,3)4,27-17-12-9-13-18-27)28-19-14-10-15-20-28;1-2-3-4-5-6-7-13(16)8-9-17-11-12(14)10-15/h9-10,12-15,17-20,25-26,31H,5-8,11,16,21-24,30H2,1-4H3;12-13,15-16H,2-11,14H2,1H3/t25-,26-;12-,13+/m10/s1. The molecule has 0 heterocycles. The van der Waals surface area contributed by atoms with Crippen molar-refractivity contribution < 1.29 is 29.2 Å². The molecule has 0 aliphatic carbocycles. The first kappa shape index (κ1) is 47.4. The average Bonchev–Trinajstić information content (AvgIpc) is 3.12. The summed E-state index contributed by atoms with van der Waals surface area (Å²) in [5, 5.41) is 31.0. The first-order chi connectivity index (χ1) is 24.5. The predicted molar refractivity (Wildman–Crippen MR) is 216 cm³/mol. The van der Waals surface area contributed by atoms with Gasteiger partial charge in [0.15, 0.2) is 0 Å².